The highest BCUT2D eigenvalue weighted by Crippen LogP contribution is 2.26. The number of nitrogens with zero attached hydrogens (tertiary/aromatic N) is 4. The lowest BCUT2D eigenvalue weighted by atomic mass is 9.96. The Morgan fingerprint density at radius 2 is 1.78 bits per heavy atom. The largest absolute Gasteiger partial charge is 0.466 e. The number of carbonyl (C=O) groups is 2. The van der Waals surface area contributed by atoms with E-state index in [4.69, 9.17) is 21.3 Å². The van der Waals surface area contributed by atoms with Crippen molar-refractivity contribution in [2.45, 2.75) is 37.2 Å². The molecule has 0 radical (unpaired) electrons. The first-order valence-corrected chi connectivity index (χ1v) is 13.8. The van der Waals surface area contributed by atoms with Gasteiger partial charge in [0.25, 0.3) is 5.91 Å². The van der Waals surface area contributed by atoms with Crippen molar-refractivity contribution in [3.05, 3.63) is 82.5 Å². The lowest BCUT2D eigenvalue weighted by Gasteiger charge is -2.31. The Morgan fingerprint density at radius 1 is 1.05 bits per heavy atom. The van der Waals surface area contributed by atoms with Crippen LogP contribution in [0, 0.1) is 5.92 Å². The molecule has 1 fully saturated rings. The fraction of sp³-hybridized carbons (Fsp3) is 0.357. The molecule has 1 aromatic heterocycles. The number of benzene rings is 2. The van der Waals surface area contributed by atoms with E-state index in [1.807, 2.05) is 66.2 Å². The van der Waals surface area contributed by atoms with Gasteiger partial charge >= 0.3 is 5.97 Å². The second-order valence-corrected chi connectivity index (χ2v) is 10.3. The highest BCUT2D eigenvalue weighted by molar-refractivity contribution is 7.98. The van der Waals surface area contributed by atoms with Crippen molar-refractivity contribution >= 4 is 41.1 Å². The van der Waals surface area contributed by atoms with Gasteiger partial charge in [-0.05, 0) is 43.0 Å². The molecule has 1 saturated heterocycles. The molecule has 37 heavy (non-hydrogen) atoms. The second kappa shape index (κ2) is 12.9. The van der Waals surface area contributed by atoms with Crippen molar-refractivity contribution in [2.75, 3.05) is 31.6 Å². The van der Waals surface area contributed by atoms with Crippen LogP contribution < -0.4 is 4.90 Å². The van der Waals surface area contributed by atoms with Gasteiger partial charge in [0, 0.05) is 44.1 Å². The van der Waals surface area contributed by atoms with Crippen LogP contribution in [0.5, 0.6) is 0 Å². The average molecular weight is 539 g/mol. The Labute approximate surface area is 227 Å². The maximum Gasteiger partial charge on any atom is 0.309 e. The summed E-state index contributed by atoms with van der Waals surface area (Å²) < 4.78 is 5.13. The average Bonchev–Trinajstić information content (AvgIpc) is 2.92. The van der Waals surface area contributed by atoms with E-state index in [-0.39, 0.29) is 17.8 Å². The smallest absolute Gasteiger partial charge is 0.309 e. The molecule has 4 rings (SSSR count). The van der Waals surface area contributed by atoms with Gasteiger partial charge in [0.2, 0.25) is 0 Å². The van der Waals surface area contributed by atoms with Crippen LogP contribution in [0.3, 0.4) is 0 Å². The van der Waals surface area contributed by atoms with Crippen LogP contribution in [0.25, 0.3) is 0 Å². The van der Waals surface area contributed by atoms with Gasteiger partial charge in [0.05, 0.1) is 12.5 Å². The minimum absolute atomic E-state index is 0.0158. The number of rotatable bonds is 9. The van der Waals surface area contributed by atoms with Gasteiger partial charge < -0.3 is 14.5 Å². The number of hydrogen-bond acceptors (Lipinski definition) is 7. The van der Waals surface area contributed by atoms with Gasteiger partial charge in [-0.1, -0.05) is 65.8 Å². The van der Waals surface area contributed by atoms with Crippen LogP contribution in [0.2, 0.25) is 5.15 Å². The second-order valence-electron chi connectivity index (χ2n) is 8.98. The van der Waals surface area contributed by atoms with Crippen LogP contribution in [0.15, 0.2) is 65.8 Å². The van der Waals surface area contributed by atoms with Crippen LogP contribution in [0.1, 0.15) is 41.3 Å². The van der Waals surface area contributed by atoms with Crippen LogP contribution in [0.4, 0.5) is 5.82 Å². The number of esters is 1. The molecule has 194 valence electrons. The van der Waals surface area contributed by atoms with Gasteiger partial charge in [-0.25, -0.2) is 9.97 Å². The fourth-order valence-electron chi connectivity index (χ4n) is 4.29. The van der Waals surface area contributed by atoms with Gasteiger partial charge in [0.1, 0.15) is 11.0 Å². The summed E-state index contributed by atoms with van der Waals surface area (Å²) in [7, 11) is 1.98. The first-order valence-electron chi connectivity index (χ1n) is 12.4. The fourth-order valence-corrected chi connectivity index (χ4v) is 5.31. The molecule has 0 unspecified atom stereocenters. The normalized spacial score (nSPS) is 13.9. The third kappa shape index (κ3) is 7.46. The summed E-state index contributed by atoms with van der Waals surface area (Å²) in [6, 6.07) is 19.6. The van der Waals surface area contributed by atoms with Crippen LogP contribution >= 0.6 is 23.4 Å². The Morgan fingerprint density at radius 3 is 2.51 bits per heavy atom. The molecule has 0 aliphatic carbocycles. The Bertz CT molecular complexity index is 1220. The highest BCUT2D eigenvalue weighted by Gasteiger charge is 2.28. The number of likely N-dealkylation sites (tertiary alicyclic amines) is 1. The van der Waals surface area contributed by atoms with Crippen molar-refractivity contribution in [1.82, 2.24) is 14.9 Å². The molecule has 0 spiro atoms. The Balaban J connectivity index is 1.36. The molecule has 1 aliphatic heterocycles. The topological polar surface area (TPSA) is 75.6 Å². The SMILES string of the molecule is CCOC(=O)C1CCN(C(=O)c2cccc(CSc3nc(Cl)cc(N(C)Cc4ccccc4)n3)c2)CC1. The molecular weight excluding hydrogens is 508 g/mol. The molecule has 1 aliphatic rings. The van der Waals surface area contributed by atoms with E-state index in [0.717, 1.165) is 11.4 Å². The summed E-state index contributed by atoms with van der Waals surface area (Å²) in [5.41, 5.74) is 2.82. The molecule has 0 N–H and O–H groups in total. The Hall–Kier alpha value is -3.10. The zero-order chi connectivity index (χ0) is 26.2. The number of carbonyl (C=O) groups excluding carboxylic acids is 2. The van der Waals surface area contributed by atoms with E-state index in [9.17, 15) is 9.59 Å². The number of thioether (sulfide) groups is 1. The number of halogens is 1. The van der Waals surface area contributed by atoms with Crippen LogP contribution in [-0.4, -0.2) is 53.5 Å². The number of anilines is 1. The van der Waals surface area contributed by atoms with Gasteiger partial charge in [0.15, 0.2) is 5.16 Å². The minimum Gasteiger partial charge on any atom is -0.466 e. The first-order chi connectivity index (χ1) is 17.9. The summed E-state index contributed by atoms with van der Waals surface area (Å²) in [6.45, 7) is 4.01. The van der Waals surface area contributed by atoms with E-state index >= 15 is 0 Å². The Kier molecular flexibility index (Phi) is 9.41. The van der Waals surface area contributed by atoms with Crippen molar-refractivity contribution in [3.8, 4) is 0 Å². The van der Waals surface area contributed by atoms with E-state index in [0.29, 0.717) is 60.7 Å². The zero-order valence-electron chi connectivity index (χ0n) is 21.1. The van der Waals surface area contributed by atoms with Crippen molar-refractivity contribution < 1.29 is 14.3 Å². The molecule has 2 heterocycles. The minimum atomic E-state index is -0.161. The molecule has 0 atom stereocenters. The predicted octanol–water partition coefficient (Wildman–Crippen LogP) is 5.47. The van der Waals surface area contributed by atoms with Crippen molar-refractivity contribution in [1.29, 1.82) is 0 Å². The maximum atomic E-state index is 13.1. The first kappa shape index (κ1) is 26.9. The summed E-state index contributed by atoms with van der Waals surface area (Å²) >= 11 is 7.79. The maximum absolute atomic E-state index is 13.1. The number of ether oxygens (including phenoxy) is 1. The van der Waals surface area contributed by atoms with Crippen LogP contribution in [-0.2, 0) is 21.8 Å². The quantitative estimate of drug-likeness (QED) is 0.155. The highest BCUT2D eigenvalue weighted by atomic mass is 35.5. The van der Waals surface area contributed by atoms with Gasteiger partial charge in [-0.15, -0.1) is 0 Å². The molecule has 0 saturated carbocycles. The molecule has 0 bridgehead atoms. The summed E-state index contributed by atoms with van der Waals surface area (Å²) in [5.74, 6) is 1.06. The molecule has 1 amide bonds. The molecule has 7 nitrogen and oxygen atoms in total. The molecule has 3 aromatic rings. The van der Waals surface area contributed by atoms with Gasteiger partial charge in [-0.3, -0.25) is 9.59 Å². The zero-order valence-corrected chi connectivity index (χ0v) is 22.7. The number of aromatic nitrogens is 2. The molecule has 9 heteroatoms. The molecular formula is C28H31ClN4O3S. The molecule has 2 aromatic carbocycles. The standard InChI is InChI=1S/C28H31ClN4O3S/c1-3-36-27(35)22-12-14-33(15-13-22)26(34)23-11-7-10-21(16-23)19-37-28-30-24(29)17-25(31-28)32(2)18-20-8-5-4-6-9-20/h4-11,16-17,22H,3,12-15,18-19H2,1-2H3. The number of piperidine rings is 1. The number of hydrogen-bond donors (Lipinski definition) is 0. The van der Waals surface area contributed by atoms with E-state index in [1.54, 1.807) is 6.07 Å². The summed E-state index contributed by atoms with van der Waals surface area (Å²) in [4.78, 5) is 38.0. The third-order valence-electron chi connectivity index (χ3n) is 6.26. The summed E-state index contributed by atoms with van der Waals surface area (Å²) in [5, 5.41) is 0.975. The van der Waals surface area contributed by atoms with Crippen molar-refractivity contribution in [2.24, 2.45) is 5.92 Å². The lowest BCUT2D eigenvalue weighted by Crippen LogP contribution is -2.40. The lowest BCUT2D eigenvalue weighted by molar-refractivity contribution is -0.149. The third-order valence-corrected chi connectivity index (χ3v) is 7.37. The van der Waals surface area contributed by atoms with E-state index in [1.165, 1.54) is 17.3 Å². The van der Waals surface area contributed by atoms with Crippen molar-refractivity contribution in [3.63, 3.8) is 0 Å². The predicted molar refractivity (Wildman–Crippen MR) is 147 cm³/mol. The monoisotopic (exact) mass is 538 g/mol. The summed E-state index contributed by atoms with van der Waals surface area (Å²) in [6.07, 6.45) is 1.26. The van der Waals surface area contributed by atoms with E-state index in [2.05, 4.69) is 17.1 Å². The number of amides is 1. The van der Waals surface area contributed by atoms with E-state index < -0.39 is 0 Å². The van der Waals surface area contributed by atoms with Gasteiger partial charge in [-0.2, -0.15) is 0 Å².